The van der Waals surface area contributed by atoms with Crippen LogP contribution in [0.25, 0.3) is 0 Å². The molecule has 0 saturated carbocycles. The molecular weight excluding hydrogens is 364 g/mol. The molecule has 2 aromatic rings. The summed E-state index contributed by atoms with van der Waals surface area (Å²) in [6, 6.07) is 8.67. The van der Waals surface area contributed by atoms with Crippen LogP contribution in [-0.4, -0.2) is 47.8 Å². The number of nitrogens with zero attached hydrogens (tertiary/aromatic N) is 2. The Morgan fingerprint density at radius 3 is 2.04 bits per heavy atom. The largest absolute Gasteiger partial charge is 0.507 e. The van der Waals surface area contributed by atoms with E-state index in [-0.39, 0.29) is 41.3 Å². The van der Waals surface area contributed by atoms with Gasteiger partial charge in [-0.15, -0.1) is 0 Å². The van der Waals surface area contributed by atoms with E-state index >= 15 is 0 Å². The molecule has 0 fully saturated rings. The van der Waals surface area contributed by atoms with Crippen molar-refractivity contribution in [2.24, 2.45) is 10.2 Å². The van der Waals surface area contributed by atoms with Crippen molar-refractivity contribution < 1.29 is 29.3 Å². The van der Waals surface area contributed by atoms with Gasteiger partial charge in [0.15, 0.2) is 5.78 Å². The Balaban J connectivity index is 2.13. The van der Waals surface area contributed by atoms with Gasteiger partial charge in [-0.25, -0.2) is 4.79 Å². The number of rotatable bonds is 8. The SMILES string of the molecule is COC(=O)c1cc(/C=N/N=C/c2ccc(O)c(C(=O)CCC=O)c2)ccc1O. The number of phenolic OH excluding ortho intramolecular Hbond substituents is 2. The fourth-order valence-electron chi connectivity index (χ4n) is 2.29. The summed E-state index contributed by atoms with van der Waals surface area (Å²) in [4.78, 5) is 33.9. The highest BCUT2D eigenvalue weighted by molar-refractivity contribution is 6.01. The summed E-state index contributed by atoms with van der Waals surface area (Å²) in [5.74, 6) is -1.39. The lowest BCUT2D eigenvalue weighted by Crippen LogP contribution is -2.02. The number of methoxy groups -OCH3 is 1. The number of carbonyl (C=O) groups excluding carboxylic acids is 3. The van der Waals surface area contributed by atoms with E-state index in [1.54, 1.807) is 12.1 Å². The number of aromatic hydroxyl groups is 2. The molecule has 0 aliphatic heterocycles. The van der Waals surface area contributed by atoms with Gasteiger partial charge in [-0.3, -0.25) is 4.79 Å². The van der Waals surface area contributed by atoms with Crippen LogP contribution in [0.4, 0.5) is 0 Å². The lowest BCUT2D eigenvalue weighted by Gasteiger charge is -2.03. The zero-order valence-corrected chi connectivity index (χ0v) is 15.0. The Kier molecular flexibility index (Phi) is 7.15. The molecule has 0 radical (unpaired) electrons. The van der Waals surface area contributed by atoms with E-state index in [0.29, 0.717) is 17.4 Å². The molecule has 2 aromatic carbocycles. The average molecular weight is 382 g/mol. The van der Waals surface area contributed by atoms with Gasteiger partial charge in [0.2, 0.25) is 0 Å². The van der Waals surface area contributed by atoms with Gasteiger partial charge in [0.1, 0.15) is 23.3 Å². The maximum atomic E-state index is 12.0. The van der Waals surface area contributed by atoms with Gasteiger partial charge < -0.3 is 19.7 Å². The van der Waals surface area contributed by atoms with Crippen LogP contribution < -0.4 is 0 Å². The monoisotopic (exact) mass is 382 g/mol. The average Bonchev–Trinajstić information content (AvgIpc) is 2.70. The minimum absolute atomic E-state index is 0.00689. The molecule has 0 bridgehead atoms. The van der Waals surface area contributed by atoms with E-state index in [9.17, 15) is 24.6 Å². The smallest absolute Gasteiger partial charge is 0.341 e. The Morgan fingerprint density at radius 1 is 0.964 bits per heavy atom. The van der Waals surface area contributed by atoms with Gasteiger partial charge in [0.25, 0.3) is 0 Å². The van der Waals surface area contributed by atoms with E-state index in [1.807, 2.05) is 0 Å². The van der Waals surface area contributed by atoms with E-state index < -0.39 is 5.97 Å². The highest BCUT2D eigenvalue weighted by atomic mass is 16.5. The van der Waals surface area contributed by atoms with E-state index in [4.69, 9.17) is 0 Å². The fraction of sp³-hybridized carbons (Fsp3) is 0.150. The Labute approximate surface area is 160 Å². The molecule has 0 atom stereocenters. The van der Waals surface area contributed by atoms with Crippen molar-refractivity contribution in [3.63, 3.8) is 0 Å². The second-order valence-corrected chi connectivity index (χ2v) is 5.66. The molecule has 0 aromatic heterocycles. The molecule has 0 amide bonds. The van der Waals surface area contributed by atoms with Gasteiger partial charge in [-0.2, -0.15) is 10.2 Å². The molecule has 2 rings (SSSR count). The van der Waals surface area contributed by atoms with Crippen LogP contribution in [0.3, 0.4) is 0 Å². The zero-order chi connectivity index (χ0) is 20.5. The standard InChI is InChI=1S/C20H18N2O6/c1-28-20(27)16-10-14(5-7-19(16)26)12-22-21-11-13-4-6-18(25)15(9-13)17(24)3-2-8-23/h4-12,25-26H,2-3H2,1H3/b21-11+,22-12+. The molecule has 8 heteroatoms. The lowest BCUT2D eigenvalue weighted by molar-refractivity contribution is -0.107. The Hall–Kier alpha value is -3.81. The minimum atomic E-state index is -0.674. The first-order valence-corrected chi connectivity index (χ1v) is 8.24. The molecule has 0 saturated heterocycles. The molecule has 8 nitrogen and oxygen atoms in total. The van der Waals surface area contributed by atoms with Gasteiger partial charge in [-0.05, 0) is 47.5 Å². The molecule has 0 aliphatic carbocycles. The summed E-state index contributed by atoms with van der Waals surface area (Å²) in [6.07, 6.45) is 3.50. The van der Waals surface area contributed by atoms with Crippen molar-refractivity contribution in [2.45, 2.75) is 12.8 Å². The number of esters is 1. The number of ether oxygens (including phenoxy) is 1. The molecular formula is C20H18N2O6. The normalized spacial score (nSPS) is 11.0. The number of benzene rings is 2. The van der Waals surface area contributed by atoms with Crippen LogP contribution in [0.5, 0.6) is 11.5 Å². The maximum Gasteiger partial charge on any atom is 0.341 e. The highest BCUT2D eigenvalue weighted by Gasteiger charge is 2.12. The van der Waals surface area contributed by atoms with Crippen LogP contribution in [0.2, 0.25) is 0 Å². The first-order chi connectivity index (χ1) is 13.5. The summed E-state index contributed by atoms with van der Waals surface area (Å²) in [5, 5.41) is 27.2. The molecule has 28 heavy (non-hydrogen) atoms. The number of hydrogen-bond donors (Lipinski definition) is 2. The molecule has 0 aliphatic rings. The maximum absolute atomic E-state index is 12.0. The van der Waals surface area contributed by atoms with Crippen molar-refractivity contribution in [3.8, 4) is 11.5 Å². The van der Waals surface area contributed by atoms with Gasteiger partial charge >= 0.3 is 5.97 Å². The minimum Gasteiger partial charge on any atom is -0.507 e. The van der Waals surface area contributed by atoms with Crippen LogP contribution in [0, 0.1) is 0 Å². The summed E-state index contributed by atoms with van der Waals surface area (Å²) in [6.45, 7) is 0. The predicted molar refractivity (Wildman–Crippen MR) is 102 cm³/mol. The second kappa shape index (κ2) is 9.77. The number of phenols is 2. The van der Waals surface area contributed by atoms with Gasteiger partial charge in [0, 0.05) is 12.8 Å². The van der Waals surface area contributed by atoms with E-state index in [1.165, 1.54) is 43.8 Å². The highest BCUT2D eigenvalue weighted by Crippen LogP contribution is 2.20. The molecule has 144 valence electrons. The Bertz CT molecular complexity index is 950. The van der Waals surface area contributed by atoms with Crippen molar-refractivity contribution >= 4 is 30.5 Å². The van der Waals surface area contributed by atoms with E-state index in [0.717, 1.165) is 0 Å². The van der Waals surface area contributed by atoms with Crippen LogP contribution >= 0.6 is 0 Å². The number of ketones is 1. The van der Waals surface area contributed by atoms with E-state index in [2.05, 4.69) is 14.9 Å². The summed E-state index contributed by atoms with van der Waals surface area (Å²) >= 11 is 0. The van der Waals surface area contributed by atoms with Gasteiger partial charge in [0.05, 0.1) is 25.1 Å². The van der Waals surface area contributed by atoms with Crippen molar-refractivity contribution in [1.29, 1.82) is 0 Å². The number of carbonyl (C=O) groups is 3. The van der Waals surface area contributed by atoms with Gasteiger partial charge in [-0.1, -0.05) is 0 Å². The first kappa shape index (κ1) is 20.5. The van der Waals surface area contributed by atoms with Crippen molar-refractivity contribution in [3.05, 3.63) is 58.7 Å². The molecule has 2 N–H and O–H groups in total. The third-order valence-corrected chi connectivity index (χ3v) is 3.72. The number of hydrogen-bond acceptors (Lipinski definition) is 8. The third kappa shape index (κ3) is 5.34. The van der Waals surface area contributed by atoms with Crippen LogP contribution in [-0.2, 0) is 9.53 Å². The quantitative estimate of drug-likeness (QED) is 0.237. The first-order valence-electron chi connectivity index (χ1n) is 8.24. The third-order valence-electron chi connectivity index (χ3n) is 3.72. The van der Waals surface area contributed by atoms with Crippen LogP contribution in [0.15, 0.2) is 46.6 Å². The van der Waals surface area contributed by atoms with Crippen molar-refractivity contribution in [2.75, 3.05) is 7.11 Å². The number of Topliss-reactive ketones (excluding diaryl/α,β-unsaturated/α-hetero) is 1. The summed E-state index contributed by atoms with van der Waals surface area (Å²) in [7, 11) is 1.21. The molecule has 0 spiro atoms. The lowest BCUT2D eigenvalue weighted by atomic mass is 10.0. The predicted octanol–water partition coefficient (Wildman–Crippen LogP) is 2.50. The topological polar surface area (TPSA) is 126 Å². The zero-order valence-electron chi connectivity index (χ0n) is 15.0. The summed E-state index contributed by atoms with van der Waals surface area (Å²) < 4.78 is 4.58. The summed E-state index contributed by atoms with van der Waals surface area (Å²) in [5.41, 5.74) is 1.17. The molecule has 0 unspecified atom stereocenters. The Morgan fingerprint density at radius 2 is 1.50 bits per heavy atom. The van der Waals surface area contributed by atoms with Crippen LogP contribution in [0.1, 0.15) is 44.7 Å². The molecule has 0 heterocycles. The second-order valence-electron chi connectivity index (χ2n) is 5.66. The van der Waals surface area contributed by atoms with Crippen molar-refractivity contribution in [1.82, 2.24) is 0 Å². The number of aldehydes is 1. The fourth-order valence-corrected chi connectivity index (χ4v) is 2.29.